The molecule has 0 N–H and O–H groups in total. The van der Waals surface area contributed by atoms with Crippen LogP contribution in [0.5, 0.6) is 0 Å². The van der Waals surface area contributed by atoms with Gasteiger partial charge in [-0.2, -0.15) is 9.57 Å². The van der Waals surface area contributed by atoms with Gasteiger partial charge in [0.1, 0.15) is 27.1 Å². The highest BCUT2D eigenvalue weighted by molar-refractivity contribution is 7.89. The first-order valence-electron chi connectivity index (χ1n) is 11.7. The number of pyridine rings is 1. The molecule has 3 aromatic rings. The molecule has 1 fully saturated rings. The minimum Gasteiger partial charge on any atom is -0.243 e. The minimum atomic E-state index is -4.38. The van der Waals surface area contributed by atoms with Gasteiger partial charge in [-0.25, -0.2) is 22.2 Å². The van der Waals surface area contributed by atoms with Crippen LogP contribution in [0.1, 0.15) is 44.4 Å². The van der Waals surface area contributed by atoms with E-state index in [2.05, 4.69) is 11.1 Å². The third-order valence-corrected chi connectivity index (χ3v) is 9.33. The number of hydrogen-bond acceptors (Lipinski definition) is 4. The molecule has 1 aromatic heterocycles. The van der Waals surface area contributed by atoms with E-state index in [4.69, 9.17) is 34.8 Å². The maximum Gasteiger partial charge on any atom is 0.245 e. The van der Waals surface area contributed by atoms with E-state index in [1.54, 1.807) is 0 Å². The molecule has 11 heteroatoms. The minimum absolute atomic E-state index is 0.0741. The lowest BCUT2D eigenvalue weighted by Crippen LogP contribution is -2.41. The Kier molecular flexibility index (Phi) is 7.83. The third kappa shape index (κ3) is 5.03. The van der Waals surface area contributed by atoms with E-state index in [-0.39, 0.29) is 37.8 Å². The summed E-state index contributed by atoms with van der Waals surface area (Å²) in [6.45, 7) is 5.61. The van der Waals surface area contributed by atoms with Gasteiger partial charge in [-0.05, 0) is 48.1 Å². The standard InChI is InChI=1S/C27H24Cl3F2N3O2S/c1-26(2,3)12-16-14-35(38(36,37)18-8-10-23(30)34-13-18)25(19-5-4-6-21(29)24(19)32)27(16,15-33)20-9-7-17(28)11-22(20)31/h4-11,13,16,25H,12,14H2,1-3H3. The van der Waals surface area contributed by atoms with Crippen molar-refractivity contribution in [2.75, 3.05) is 6.54 Å². The molecule has 0 saturated carbocycles. The Morgan fingerprint density at radius 2 is 1.84 bits per heavy atom. The predicted molar refractivity (Wildman–Crippen MR) is 144 cm³/mol. The number of hydrogen-bond donors (Lipinski definition) is 0. The SMILES string of the molecule is CC(C)(C)CC1CN(S(=O)(=O)c2ccc(Cl)nc2)C(c2cccc(Cl)c2F)C1(C#N)c1ccc(Cl)cc1F. The fourth-order valence-corrected chi connectivity index (χ4v) is 7.39. The highest BCUT2D eigenvalue weighted by Gasteiger charge is 2.61. The number of sulfonamides is 1. The highest BCUT2D eigenvalue weighted by Crippen LogP contribution is 2.57. The Hall–Kier alpha value is -2.28. The highest BCUT2D eigenvalue weighted by atomic mass is 35.5. The Morgan fingerprint density at radius 3 is 2.42 bits per heavy atom. The van der Waals surface area contributed by atoms with Crippen molar-refractivity contribution in [1.29, 1.82) is 5.26 Å². The van der Waals surface area contributed by atoms with Crippen molar-refractivity contribution in [3.8, 4) is 6.07 Å². The second-order valence-corrected chi connectivity index (χ2v) is 13.6. The second-order valence-electron chi connectivity index (χ2n) is 10.5. The van der Waals surface area contributed by atoms with Gasteiger partial charge in [-0.15, -0.1) is 0 Å². The van der Waals surface area contributed by atoms with Gasteiger partial charge in [0.2, 0.25) is 10.0 Å². The van der Waals surface area contributed by atoms with Crippen LogP contribution >= 0.6 is 34.8 Å². The van der Waals surface area contributed by atoms with Gasteiger partial charge in [0.05, 0.1) is 17.1 Å². The predicted octanol–water partition coefficient (Wildman–Crippen LogP) is 7.58. The average molecular weight is 599 g/mol. The van der Waals surface area contributed by atoms with Crippen molar-refractivity contribution in [2.24, 2.45) is 11.3 Å². The van der Waals surface area contributed by atoms with Crippen molar-refractivity contribution >= 4 is 44.8 Å². The zero-order valence-corrected chi connectivity index (χ0v) is 23.8. The Morgan fingerprint density at radius 1 is 1.13 bits per heavy atom. The molecule has 1 aliphatic rings. The quantitative estimate of drug-likeness (QED) is 0.284. The van der Waals surface area contributed by atoms with Crippen LogP contribution in [0.4, 0.5) is 8.78 Å². The topological polar surface area (TPSA) is 74.1 Å². The van der Waals surface area contributed by atoms with Gasteiger partial charge in [-0.3, -0.25) is 0 Å². The number of nitrogens with zero attached hydrogens (tertiary/aromatic N) is 3. The summed E-state index contributed by atoms with van der Waals surface area (Å²) >= 11 is 18.0. The van der Waals surface area contributed by atoms with E-state index in [0.717, 1.165) is 16.6 Å². The van der Waals surface area contributed by atoms with Crippen LogP contribution in [0.2, 0.25) is 15.2 Å². The molecule has 2 heterocycles. The van der Waals surface area contributed by atoms with Crippen LogP contribution in [0.15, 0.2) is 59.6 Å². The van der Waals surface area contributed by atoms with Crippen LogP contribution < -0.4 is 0 Å². The van der Waals surface area contributed by atoms with Gasteiger partial charge in [-0.1, -0.05) is 73.8 Å². The van der Waals surface area contributed by atoms with Gasteiger partial charge < -0.3 is 0 Å². The van der Waals surface area contributed by atoms with Crippen LogP contribution in [0.25, 0.3) is 0 Å². The molecule has 0 spiro atoms. The van der Waals surface area contributed by atoms with E-state index >= 15 is 8.78 Å². The van der Waals surface area contributed by atoms with Crippen LogP contribution in [-0.2, 0) is 15.4 Å². The molecular weight excluding hydrogens is 575 g/mol. The summed E-state index contributed by atoms with van der Waals surface area (Å²) in [7, 11) is -4.38. The Balaban J connectivity index is 2.09. The average Bonchev–Trinajstić information content (AvgIpc) is 3.15. The molecule has 1 aliphatic heterocycles. The molecule has 0 amide bonds. The molecule has 200 valence electrons. The van der Waals surface area contributed by atoms with Gasteiger partial charge in [0.15, 0.2) is 0 Å². The first-order valence-corrected chi connectivity index (χ1v) is 14.2. The summed E-state index contributed by atoms with van der Waals surface area (Å²) in [5, 5.41) is 10.8. The molecule has 2 aromatic carbocycles. The van der Waals surface area contributed by atoms with Crippen molar-refractivity contribution in [2.45, 2.75) is 43.5 Å². The number of benzene rings is 2. The monoisotopic (exact) mass is 597 g/mol. The van der Waals surface area contributed by atoms with Crippen molar-refractivity contribution < 1.29 is 17.2 Å². The van der Waals surface area contributed by atoms with Crippen molar-refractivity contribution in [3.63, 3.8) is 0 Å². The van der Waals surface area contributed by atoms with E-state index in [1.165, 1.54) is 42.5 Å². The number of rotatable bonds is 5. The summed E-state index contributed by atoms with van der Waals surface area (Å²) in [6, 6.07) is 11.4. The molecule has 38 heavy (non-hydrogen) atoms. The fraction of sp³-hybridized carbons (Fsp3) is 0.333. The first-order chi connectivity index (χ1) is 17.7. The molecule has 1 saturated heterocycles. The maximum atomic E-state index is 15.7. The number of nitriles is 1. The summed E-state index contributed by atoms with van der Waals surface area (Å²) in [6.07, 6.45) is 1.42. The second kappa shape index (κ2) is 10.4. The molecule has 5 nitrogen and oxygen atoms in total. The normalized spacial score (nSPS) is 22.4. The fourth-order valence-electron chi connectivity index (χ4n) is 5.31. The van der Waals surface area contributed by atoms with E-state index in [9.17, 15) is 13.7 Å². The van der Waals surface area contributed by atoms with Crippen molar-refractivity contribution in [1.82, 2.24) is 9.29 Å². The lowest BCUT2D eigenvalue weighted by molar-refractivity contribution is 0.245. The summed E-state index contributed by atoms with van der Waals surface area (Å²) in [4.78, 5) is 3.69. The van der Waals surface area contributed by atoms with Crippen LogP contribution in [-0.4, -0.2) is 24.3 Å². The number of aromatic nitrogens is 1. The van der Waals surface area contributed by atoms with E-state index < -0.39 is 44.4 Å². The molecule has 0 radical (unpaired) electrons. The first kappa shape index (κ1) is 28.7. The van der Waals surface area contributed by atoms with E-state index in [0.29, 0.717) is 6.42 Å². The zero-order chi connectivity index (χ0) is 28.0. The molecule has 4 rings (SSSR count). The summed E-state index contributed by atoms with van der Waals surface area (Å²) in [5.74, 6) is -2.42. The molecule has 3 atom stereocenters. The maximum absolute atomic E-state index is 15.7. The van der Waals surface area contributed by atoms with Gasteiger partial charge in [0.25, 0.3) is 0 Å². The molecule has 0 aliphatic carbocycles. The lowest BCUT2D eigenvalue weighted by atomic mass is 9.63. The summed E-state index contributed by atoms with van der Waals surface area (Å²) < 4.78 is 60.5. The van der Waals surface area contributed by atoms with Gasteiger partial charge >= 0.3 is 0 Å². The Bertz CT molecular complexity index is 1520. The smallest absolute Gasteiger partial charge is 0.243 e. The lowest BCUT2D eigenvalue weighted by Gasteiger charge is -2.38. The van der Waals surface area contributed by atoms with Crippen LogP contribution in [0, 0.1) is 34.3 Å². The number of halogens is 5. The molecule has 3 unspecified atom stereocenters. The van der Waals surface area contributed by atoms with Crippen LogP contribution in [0.3, 0.4) is 0 Å². The molecule has 0 bridgehead atoms. The third-order valence-electron chi connectivity index (χ3n) is 6.77. The Labute approximate surface area is 236 Å². The van der Waals surface area contributed by atoms with Gasteiger partial charge in [0, 0.05) is 28.9 Å². The largest absolute Gasteiger partial charge is 0.245 e. The van der Waals surface area contributed by atoms with Crippen molar-refractivity contribution in [3.05, 3.63) is 92.7 Å². The summed E-state index contributed by atoms with van der Waals surface area (Å²) in [5.41, 5.74) is -2.44. The van der Waals surface area contributed by atoms with E-state index in [1.807, 2.05) is 20.8 Å². The molecular formula is C27H24Cl3F2N3O2S. The zero-order valence-electron chi connectivity index (χ0n) is 20.7.